The lowest BCUT2D eigenvalue weighted by Crippen LogP contribution is -2.32. The molecule has 1 aromatic heterocycles. The van der Waals surface area contributed by atoms with Crippen molar-refractivity contribution in [1.29, 1.82) is 0 Å². The van der Waals surface area contributed by atoms with E-state index in [-0.39, 0.29) is 35.7 Å². The van der Waals surface area contributed by atoms with E-state index in [0.717, 1.165) is 25.2 Å². The Bertz CT molecular complexity index is 1270. The van der Waals surface area contributed by atoms with Gasteiger partial charge in [0.2, 0.25) is 11.8 Å². The lowest BCUT2D eigenvalue weighted by molar-refractivity contribution is -0.121. The van der Waals surface area contributed by atoms with Crippen molar-refractivity contribution in [3.05, 3.63) is 58.9 Å². The molecular weight excluding hydrogens is 492 g/mol. The van der Waals surface area contributed by atoms with Crippen LogP contribution < -0.4 is 20.9 Å². The molecule has 37 heavy (non-hydrogen) atoms. The summed E-state index contributed by atoms with van der Waals surface area (Å²) in [7, 11) is 0. The molecule has 2 aromatic carbocycles. The van der Waals surface area contributed by atoms with Gasteiger partial charge in [0, 0.05) is 31.8 Å². The minimum atomic E-state index is -0.211. The molecule has 1 aliphatic rings. The number of rotatable bonds is 12. The van der Waals surface area contributed by atoms with E-state index in [1.807, 2.05) is 13.0 Å². The van der Waals surface area contributed by atoms with Crippen LogP contribution >= 0.6 is 11.8 Å². The minimum Gasteiger partial charge on any atom is -0.494 e. The second-order valence-corrected chi connectivity index (χ2v) is 9.65. The van der Waals surface area contributed by atoms with E-state index in [1.54, 1.807) is 47.0 Å². The third-order valence-electron chi connectivity index (χ3n) is 5.94. The van der Waals surface area contributed by atoms with Gasteiger partial charge in [0.15, 0.2) is 5.16 Å². The average molecular weight is 525 g/mol. The Labute approximate surface area is 219 Å². The molecule has 1 atom stereocenters. The smallest absolute Gasteiger partial charge is 0.262 e. The highest BCUT2D eigenvalue weighted by atomic mass is 32.2. The number of hydrogen-bond donors (Lipinski definition) is 2. The van der Waals surface area contributed by atoms with Crippen LogP contribution in [0.1, 0.15) is 32.6 Å². The van der Waals surface area contributed by atoms with Gasteiger partial charge in [0.25, 0.3) is 5.56 Å². The highest BCUT2D eigenvalue weighted by molar-refractivity contribution is 7.99. The van der Waals surface area contributed by atoms with Gasteiger partial charge >= 0.3 is 0 Å². The van der Waals surface area contributed by atoms with Crippen molar-refractivity contribution in [1.82, 2.24) is 14.9 Å². The molecule has 2 heterocycles. The lowest BCUT2D eigenvalue weighted by Gasteiger charge is -2.14. The number of fused-ring (bicyclic) bond motifs is 1. The van der Waals surface area contributed by atoms with Crippen LogP contribution in [0.25, 0.3) is 10.9 Å². The SMILES string of the molecule is CCOc1ccc(NC(=O)CSc2nc3ccccc3c(=O)n2CCCC(=O)NC[C@H]2CCCO2)cc1. The number of nitrogens with zero attached hydrogens (tertiary/aromatic N) is 2. The van der Waals surface area contributed by atoms with Gasteiger partial charge in [0.05, 0.1) is 29.4 Å². The summed E-state index contributed by atoms with van der Waals surface area (Å²) in [4.78, 5) is 42.8. The van der Waals surface area contributed by atoms with Crippen LogP contribution in [-0.4, -0.2) is 53.0 Å². The first-order valence-electron chi connectivity index (χ1n) is 12.6. The molecule has 1 aliphatic heterocycles. The van der Waals surface area contributed by atoms with E-state index in [2.05, 4.69) is 15.6 Å². The van der Waals surface area contributed by atoms with Crippen LogP contribution in [0.4, 0.5) is 5.69 Å². The fourth-order valence-electron chi connectivity index (χ4n) is 4.10. The second-order valence-electron chi connectivity index (χ2n) is 8.71. The van der Waals surface area contributed by atoms with E-state index in [0.29, 0.717) is 47.9 Å². The van der Waals surface area contributed by atoms with Crippen LogP contribution in [-0.2, 0) is 20.9 Å². The number of hydrogen-bond acceptors (Lipinski definition) is 7. The minimum absolute atomic E-state index is 0.0683. The molecule has 0 unspecified atom stereocenters. The molecule has 1 saturated heterocycles. The molecule has 0 spiro atoms. The van der Waals surface area contributed by atoms with Crippen molar-refractivity contribution in [2.75, 3.05) is 30.8 Å². The van der Waals surface area contributed by atoms with Crippen LogP contribution in [0.5, 0.6) is 5.75 Å². The number of aromatic nitrogens is 2. The quantitative estimate of drug-likeness (QED) is 0.275. The molecule has 0 radical (unpaired) electrons. The van der Waals surface area contributed by atoms with Crippen molar-refractivity contribution in [3.63, 3.8) is 0 Å². The third-order valence-corrected chi connectivity index (χ3v) is 6.92. The van der Waals surface area contributed by atoms with Crippen molar-refractivity contribution >= 4 is 40.2 Å². The highest BCUT2D eigenvalue weighted by Crippen LogP contribution is 2.20. The number of benzene rings is 2. The molecule has 2 N–H and O–H groups in total. The number of para-hydroxylation sites is 1. The highest BCUT2D eigenvalue weighted by Gasteiger charge is 2.17. The Morgan fingerprint density at radius 2 is 1.97 bits per heavy atom. The topological polar surface area (TPSA) is 112 Å². The fourth-order valence-corrected chi connectivity index (χ4v) is 4.93. The predicted octanol–water partition coefficient (Wildman–Crippen LogP) is 3.60. The lowest BCUT2D eigenvalue weighted by atomic mass is 10.2. The molecule has 4 rings (SSSR count). The summed E-state index contributed by atoms with van der Waals surface area (Å²) in [5.41, 5.74) is 1.05. The third kappa shape index (κ3) is 7.56. The summed E-state index contributed by atoms with van der Waals surface area (Å²) in [5, 5.41) is 6.72. The number of anilines is 1. The number of nitrogens with one attached hydrogen (secondary N) is 2. The van der Waals surface area contributed by atoms with Gasteiger partial charge in [-0.05, 0) is 62.6 Å². The number of ether oxygens (including phenoxy) is 2. The van der Waals surface area contributed by atoms with Crippen LogP contribution in [0, 0.1) is 0 Å². The number of amides is 2. The van der Waals surface area contributed by atoms with Gasteiger partial charge in [-0.2, -0.15) is 0 Å². The average Bonchev–Trinajstić information content (AvgIpc) is 3.43. The first-order valence-corrected chi connectivity index (χ1v) is 13.6. The number of thioether (sulfide) groups is 1. The Morgan fingerprint density at radius 3 is 2.73 bits per heavy atom. The number of carbonyl (C=O) groups is 2. The molecular formula is C27H32N4O5S. The molecule has 0 bridgehead atoms. The Hall–Kier alpha value is -3.37. The van der Waals surface area contributed by atoms with E-state index in [1.165, 1.54) is 11.8 Å². The zero-order valence-electron chi connectivity index (χ0n) is 20.9. The van der Waals surface area contributed by atoms with Gasteiger partial charge in [-0.15, -0.1) is 0 Å². The van der Waals surface area contributed by atoms with Gasteiger partial charge in [-0.3, -0.25) is 19.0 Å². The Kier molecular flexibility index (Phi) is 9.56. The molecule has 196 valence electrons. The van der Waals surface area contributed by atoms with Crippen molar-refractivity contribution < 1.29 is 19.1 Å². The molecule has 0 saturated carbocycles. The first-order chi connectivity index (χ1) is 18.0. The Balaban J connectivity index is 1.38. The molecule has 0 aliphatic carbocycles. The van der Waals surface area contributed by atoms with Gasteiger partial charge < -0.3 is 20.1 Å². The summed E-state index contributed by atoms with van der Waals surface area (Å²) >= 11 is 1.20. The summed E-state index contributed by atoms with van der Waals surface area (Å²) in [6, 6.07) is 14.3. The molecule has 1 fully saturated rings. The van der Waals surface area contributed by atoms with Gasteiger partial charge in [-0.25, -0.2) is 4.98 Å². The molecule has 3 aromatic rings. The molecule has 10 heteroatoms. The van der Waals surface area contributed by atoms with Crippen molar-refractivity contribution in [2.24, 2.45) is 0 Å². The standard InChI is InChI=1S/C27H32N4O5S/c1-2-35-20-13-11-19(12-14-20)29-25(33)18-37-27-30-23-9-4-3-8-22(23)26(34)31(27)15-5-10-24(32)28-17-21-7-6-16-36-21/h3-4,8-9,11-14,21H,2,5-7,10,15-18H2,1H3,(H,28,32)(H,29,33)/t21-/m1/s1. The van der Waals surface area contributed by atoms with E-state index in [9.17, 15) is 14.4 Å². The van der Waals surface area contributed by atoms with Crippen LogP contribution in [0.3, 0.4) is 0 Å². The van der Waals surface area contributed by atoms with Gasteiger partial charge in [-0.1, -0.05) is 23.9 Å². The van der Waals surface area contributed by atoms with E-state index >= 15 is 0 Å². The maximum atomic E-state index is 13.2. The first kappa shape index (κ1) is 26.7. The van der Waals surface area contributed by atoms with Crippen LogP contribution in [0.15, 0.2) is 58.5 Å². The monoisotopic (exact) mass is 524 g/mol. The van der Waals surface area contributed by atoms with Crippen molar-refractivity contribution in [2.45, 2.75) is 50.4 Å². The maximum absolute atomic E-state index is 13.2. The van der Waals surface area contributed by atoms with Crippen molar-refractivity contribution in [3.8, 4) is 5.75 Å². The fraction of sp³-hybridized carbons (Fsp3) is 0.407. The van der Waals surface area contributed by atoms with Crippen LogP contribution in [0.2, 0.25) is 0 Å². The number of carbonyl (C=O) groups excluding carboxylic acids is 2. The summed E-state index contributed by atoms with van der Waals surface area (Å²) in [5.74, 6) is 0.539. The normalized spacial score (nSPS) is 15.0. The predicted molar refractivity (Wildman–Crippen MR) is 144 cm³/mol. The second kappa shape index (κ2) is 13.3. The zero-order chi connectivity index (χ0) is 26.0. The van der Waals surface area contributed by atoms with E-state index < -0.39 is 0 Å². The summed E-state index contributed by atoms with van der Waals surface area (Å²) in [6.45, 7) is 4.07. The zero-order valence-corrected chi connectivity index (χ0v) is 21.7. The van der Waals surface area contributed by atoms with E-state index in [4.69, 9.17) is 9.47 Å². The Morgan fingerprint density at radius 1 is 1.16 bits per heavy atom. The van der Waals surface area contributed by atoms with Gasteiger partial charge in [0.1, 0.15) is 5.75 Å². The summed E-state index contributed by atoms with van der Waals surface area (Å²) < 4.78 is 12.5. The largest absolute Gasteiger partial charge is 0.494 e. The summed E-state index contributed by atoms with van der Waals surface area (Å²) in [6.07, 6.45) is 2.84. The molecule has 2 amide bonds. The molecule has 9 nitrogen and oxygen atoms in total. The maximum Gasteiger partial charge on any atom is 0.262 e.